The number of carbonyl (C=O) groups excluding carboxylic acids is 4. The van der Waals surface area contributed by atoms with Crippen LogP contribution in [0, 0.1) is 37.0 Å². The van der Waals surface area contributed by atoms with Crippen molar-refractivity contribution < 1.29 is 23.9 Å². The zero-order valence-electron chi connectivity index (χ0n) is 24.9. The van der Waals surface area contributed by atoms with Crippen molar-refractivity contribution in [1.29, 1.82) is 0 Å². The van der Waals surface area contributed by atoms with E-state index in [0.717, 1.165) is 31.9 Å². The van der Waals surface area contributed by atoms with Crippen LogP contribution in [-0.4, -0.2) is 62.3 Å². The number of hydrogen-bond acceptors (Lipinski definition) is 8. The number of imide groups is 1. The molecule has 2 atom stereocenters. The molecule has 1 N–H and O–H groups in total. The van der Waals surface area contributed by atoms with Gasteiger partial charge in [0.15, 0.2) is 0 Å². The summed E-state index contributed by atoms with van der Waals surface area (Å²) in [6.07, 6.45) is 1.28. The normalized spacial score (nSPS) is 21.4. The Bertz CT molecular complexity index is 1640. The van der Waals surface area contributed by atoms with Gasteiger partial charge in [0, 0.05) is 35.4 Å². The average molecular weight is 590 g/mol. The van der Waals surface area contributed by atoms with Gasteiger partial charge in [0.1, 0.15) is 5.60 Å². The first-order valence-corrected chi connectivity index (χ1v) is 15.0. The van der Waals surface area contributed by atoms with Gasteiger partial charge in [-0.3, -0.25) is 29.3 Å². The Morgan fingerprint density at radius 2 is 1.79 bits per heavy atom. The number of hydrogen-bond donors (Lipinski definition) is 1. The summed E-state index contributed by atoms with van der Waals surface area (Å²) in [5.41, 5.74) is 3.61. The summed E-state index contributed by atoms with van der Waals surface area (Å²) < 4.78 is 6.28. The first-order chi connectivity index (χ1) is 19.7. The molecule has 220 valence electrons. The van der Waals surface area contributed by atoms with Crippen molar-refractivity contribution in [1.82, 2.24) is 19.8 Å². The number of nitrogens with one attached hydrogen (secondary N) is 1. The van der Waals surface area contributed by atoms with Crippen molar-refractivity contribution in [3.63, 3.8) is 0 Å². The molecular formula is C31H35N5O5S. The van der Waals surface area contributed by atoms with Crippen molar-refractivity contribution in [3.05, 3.63) is 40.5 Å². The van der Waals surface area contributed by atoms with Gasteiger partial charge in [-0.1, -0.05) is 13.8 Å². The van der Waals surface area contributed by atoms with Crippen LogP contribution >= 0.6 is 11.3 Å². The molecular weight excluding hydrogens is 554 g/mol. The van der Waals surface area contributed by atoms with E-state index in [2.05, 4.69) is 10.3 Å². The summed E-state index contributed by atoms with van der Waals surface area (Å²) in [7, 11) is 0. The fourth-order valence-corrected chi connectivity index (χ4v) is 7.22. The molecule has 3 aromatic rings. The van der Waals surface area contributed by atoms with E-state index in [-0.39, 0.29) is 60.5 Å². The summed E-state index contributed by atoms with van der Waals surface area (Å²) in [5.74, 6) is -1.17. The second-order valence-corrected chi connectivity index (χ2v) is 14.3. The quantitative estimate of drug-likeness (QED) is 0.419. The molecule has 3 aromatic heterocycles. The van der Waals surface area contributed by atoms with Gasteiger partial charge in [0.25, 0.3) is 0 Å². The van der Waals surface area contributed by atoms with Crippen LogP contribution in [0.5, 0.6) is 0 Å². The highest BCUT2D eigenvalue weighted by Crippen LogP contribution is 2.63. The number of pyridine rings is 2. The maximum Gasteiger partial charge on any atom is 0.410 e. The fraction of sp³-hybridized carbons (Fsp3) is 0.484. The zero-order chi connectivity index (χ0) is 30.3. The molecule has 2 aliphatic heterocycles. The molecule has 1 aliphatic carbocycles. The van der Waals surface area contributed by atoms with Crippen LogP contribution in [0.4, 0.5) is 10.5 Å². The number of nitrogens with zero attached hydrogens (tertiary/aromatic N) is 4. The number of carbonyl (C=O) groups is 4. The smallest absolute Gasteiger partial charge is 0.410 e. The molecule has 0 aromatic carbocycles. The van der Waals surface area contributed by atoms with Gasteiger partial charge >= 0.3 is 6.09 Å². The highest BCUT2D eigenvalue weighted by molar-refractivity contribution is 7.19. The van der Waals surface area contributed by atoms with Crippen LogP contribution in [0.1, 0.15) is 50.8 Å². The Balaban J connectivity index is 1.24. The maximum atomic E-state index is 13.3. The predicted octanol–water partition coefficient (Wildman–Crippen LogP) is 4.92. The molecule has 1 saturated carbocycles. The number of fused-ring (bicyclic) bond motifs is 2. The van der Waals surface area contributed by atoms with Crippen LogP contribution < -0.4 is 5.32 Å². The lowest BCUT2D eigenvalue weighted by molar-refractivity contribution is -0.143. The maximum absolute atomic E-state index is 13.3. The van der Waals surface area contributed by atoms with E-state index in [9.17, 15) is 19.2 Å². The summed E-state index contributed by atoms with van der Waals surface area (Å²) in [4.78, 5) is 64.6. The molecule has 3 fully saturated rings. The van der Waals surface area contributed by atoms with Crippen molar-refractivity contribution >= 4 is 51.1 Å². The minimum Gasteiger partial charge on any atom is -0.444 e. The molecule has 6 rings (SSSR count). The van der Waals surface area contributed by atoms with Gasteiger partial charge in [0.05, 0.1) is 45.9 Å². The van der Waals surface area contributed by atoms with Gasteiger partial charge in [-0.25, -0.2) is 4.79 Å². The third kappa shape index (κ3) is 4.73. The zero-order valence-corrected chi connectivity index (χ0v) is 25.7. The Morgan fingerprint density at radius 3 is 2.43 bits per heavy atom. The molecule has 3 aliphatic rings. The third-order valence-electron chi connectivity index (χ3n) is 8.42. The molecule has 10 nitrogen and oxygen atoms in total. The second kappa shape index (κ2) is 9.58. The molecule has 0 radical (unpaired) electrons. The standard InChI is InChI=1S/C31H35N5O5S/c1-15-10-16(2)33-24(23(15)34-26(37)17-12-35(13-17)29(40)41-30(3,4)5)19-8-9-32-20-11-18(42-25(19)20)14-36-27(38)21-22(28(36)39)31(21,6)7/h8-11,17,21-22H,12-14H2,1-7H3,(H,34,37). The van der Waals surface area contributed by atoms with Crippen molar-refractivity contribution in [2.45, 2.75) is 60.6 Å². The highest BCUT2D eigenvalue weighted by atomic mass is 32.1. The Labute approximate surface area is 248 Å². The summed E-state index contributed by atoms with van der Waals surface area (Å²) in [6, 6.07) is 5.71. The van der Waals surface area contributed by atoms with Gasteiger partial charge in [-0.15, -0.1) is 11.3 Å². The third-order valence-corrected chi connectivity index (χ3v) is 9.56. The van der Waals surface area contributed by atoms with E-state index in [1.165, 1.54) is 21.1 Å². The molecule has 5 heterocycles. The molecule has 0 spiro atoms. The first kappa shape index (κ1) is 28.3. The van der Waals surface area contributed by atoms with Crippen LogP contribution in [0.15, 0.2) is 24.4 Å². The predicted molar refractivity (Wildman–Crippen MR) is 159 cm³/mol. The number of ether oxygens (including phenoxy) is 1. The molecule has 2 unspecified atom stereocenters. The van der Waals surface area contributed by atoms with Gasteiger partial charge < -0.3 is 15.0 Å². The van der Waals surface area contributed by atoms with E-state index in [1.807, 2.05) is 66.7 Å². The lowest BCUT2D eigenvalue weighted by Crippen LogP contribution is -2.55. The molecule has 11 heteroatoms. The van der Waals surface area contributed by atoms with E-state index < -0.39 is 11.7 Å². The van der Waals surface area contributed by atoms with Crippen LogP contribution in [0.2, 0.25) is 0 Å². The second-order valence-electron chi connectivity index (χ2n) is 13.2. The van der Waals surface area contributed by atoms with Crippen LogP contribution in [0.3, 0.4) is 0 Å². The monoisotopic (exact) mass is 589 g/mol. The van der Waals surface area contributed by atoms with E-state index in [4.69, 9.17) is 9.72 Å². The number of amides is 4. The minimum absolute atomic E-state index is 0.0946. The molecule has 42 heavy (non-hydrogen) atoms. The lowest BCUT2D eigenvalue weighted by Gasteiger charge is -2.38. The lowest BCUT2D eigenvalue weighted by atomic mass is 9.98. The summed E-state index contributed by atoms with van der Waals surface area (Å²) in [6.45, 7) is 14.0. The number of thiophene rings is 1. The summed E-state index contributed by atoms with van der Waals surface area (Å²) >= 11 is 1.48. The number of aryl methyl sites for hydroxylation is 2. The van der Waals surface area contributed by atoms with Crippen LogP contribution in [-0.2, 0) is 25.7 Å². The highest BCUT2D eigenvalue weighted by Gasteiger charge is 2.72. The van der Waals surface area contributed by atoms with Gasteiger partial charge in [-0.2, -0.15) is 0 Å². The minimum atomic E-state index is -0.599. The average Bonchev–Trinajstić information content (AvgIpc) is 3.09. The van der Waals surface area contributed by atoms with E-state index in [0.29, 0.717) is 11.4 Å². The van der Waals surface area contributed by atoms with Crippen LogP contribution in [0.25, 0.3) is 21.5 Å². The van der Waals surface area contributed by atoms with E-state index in [1.54, 1.807) is 6.20 Å². The number of anilines is 1. The van der Waals surface area contributed by atoms with Gasteiger partial charge in [-0.05, 0) is 63.8 Å². The Hall–Kier alpha value is -3.86. The fourth-order valence-electron chi connectivity index (χ4n) is 6.10. The Kier molecular flexibility index (Phi) is 6.45. The summed E-state index contributed by atoms with van der Waals surface area (Å²) in [5, 5.41) is 3.08. The molecule has 0 bridgehead atoms. The topological polar surface area (TPSA) is 122 Å². The largest absolute Gasteiger partial charge is 0.444 e. The Morgan fingerprint density at radius 1 is 1.12 bits per heavy atom. The SMILES string of the molecule is Cc1cc(C)c(NC(=O)C2CN(C(=O)OC(C)(C)C)C2)c(-c2ccnc3cc(CN4C(=O)C5C(C4=O)C5(C)C)sc23)n1. The van der Waals surface area contributed by atoms with E-state index >= 15 is 0 Å². The van der Waals surface area contributed by atoms with Crippen molar-refractivity contribution in [3.8, 4) is 11.3 Å². The number of rotatable bonds is 5. The van der Waals surface area contributed by atoms with Gasteiger partial charge in [0.2, 0.25) is 17.7 Å². The molecule has 2 saturated heterocycles. The number of aromatic nitrogens is 2. The van der Waals surface area contributed by atoms with Crippen molar-refractivity contribution in [2.24, 2.45) is 23.2 Å². The van der Waals surface area contributed by atoms with Crippen molar-refractivity contribution in [2.75, 3.05) is 18.4 Å². The number of likely N-dealkylation sites (tertiary alicyclic amines) is 2. The first-order valence-electron chi connectivity index (χ1n) is 14.2. The number of piperidine rings is 1. The molecule has 4 amide bonds.